The topological polar surface area (TPSA) is 116 Å². The number of nitrogens with one attached hydrogen (secondary N) is 1. The van der Waals surface area contributed by atoms with Crippen LogP contribution in [-0.2, 0) is 28.2 Å². The molecule has 0 amide bonds. The molecule has 0 saturated carbocycles. The predicted molar refractivity (Wildman–Crippen MR) is 151 cm³/mol. The molecule has 4 aromatic heterocycles. The van der Waals surface area contributed by atoms with Gasteiger partial charge in [-0.1, -0.05) is 0 Å². The van der Waals surface area contributed by atoms with Crippen LogP contribution < -0.4 is 11.0 Å². The monoisotopic (exact) mass is 520 g/mol. The van der Waals surface area contributed by atoms with Crippen molar-refractivity contribution in [1.82, 2.24) is 38.0 Å². The lowest BCUT2D eigenvalue weighted by molar-refractivity contribution is 0.768. The van der Waals surface area contributed by atoms with Gasteiger partial charge < -0.3 is 9.88 Å². The van der Waals surface area contributed by atoms with E-state index in [9.17, 15) is 10.1 Å². The van der Waals surface area contributed by atoms with Crippen LogP contribution in [-0.4, -0.2) is 44.1 Å². The van der Waals surface area contributed by atoms with Crippen molar-refractivity contribution in [2.75, 3.05) is 5.32 Å². The van der Waals surface area contributed by atoms with Gasteiger partial charge in [0, 0.05) is 51.6 Å². The number of nitriles is 1. The molecule has 11 nitrogen and oxygen atoms in total. The summed E-state index contributed by atoms with van der Waals surface area (Å²) in [5.41, 5.74) is 7.58. The van der Waals surface area contributed by atoms with Gasteiger partial charge in [0.25, 0.3) is 0 Å². The van der Waals surface area contributed by atoms with E-state index in [1.807, 2.05) is 53.7 Å². The highest BCUT2D eigenvalue weighted by molar-refractivity contribution is 5.94. The van der Waals surface area contributed by atoms with Crippen LogP contribution in [0.15, 0.2) is 54.0 Å². The molecule has 0 aliphatic heterocycles. The van der Waals surface area contributed by atoms with Gasteiger partial charge >= 0.3 is 5.69 Å². The van der Waals surface area contributed by atoms with E-state index in [0.717, 1.165) is 50.3 Å². The Morgan fingerprint density at radius 1 is 1.00 bits per heavy atom. The van der Waals surface area contributed by atoms with E-state index in [1.54, 1.807) is 46.6 Å². The Bertz CT molecular complexity index is 2000. The highest BCUT2D eigenvalue weighted by atomic mass is 16.1. The van der Waals surface area contributed by atoms with E-state index >= 15 is 0 Å². The van der Waals surface area contributed by atoms with Crippen molar-refractivity contribution < 1.29 is 0 Å². The van der Waals surface area contributed by atoms with Crippen LogP contribution >= 0.6 is 0 Å². The van der Waals surface area contributed by atoms with Crippen molar-refractivity contribution >= 4 is 27.8 Å². The molecule has 6 rings (SSSR count). The van der Waals surface area contributed by atoms with Crippen molar-refractivity contribution in [3.63, 3.8) is 0 Å². The first kappa shape index (κ1) is 24.2. The second-order valence-electron chi connectivity index (χ2n) is 10.1. The van der Waals surface area contributed by atoms with Crippen LogP contribution in [0.1, 0.15) is 19.4 Å². The lowest BCUT2D eigenvalue weighted by Gasteiger charge is -2.16. The summed E-state index contributed by atoms with van der Waals surface area (Å²) in [7, 11) is 7.32. The zero-order chi connectivity index (χ0) is 27.6. The third-order valence-corrected chi connectivity index (χ3v) is 7.02. The fraction of sp³-hybridized carbons (Fsp3) is 0.250. The number of anilines is 1. The Labute approximate surface area is 224 Å². The maximum atomic E-state index is 12.9. The second-order valence-corrected chi connectivity index (χ2v) is 10.1. The van der Waals surface area contributed by atoms with Crippen molar-refractivity contribution in [3.8, 4) is 34.4 Å². The van der Waals surface area contributed by atoms with Gasteiger partial charge in [-0.15, -0.1) is 0 Å². The third-order valence-electron chi connectivity index (χ3n) is 7.02. The van der Waals surface area contributed by atoms with Crippen LogP contribution in [0.3, 0.4) is 0 Å². The Hall–Kier alpha value is -5.11. The number of hydrogen-bond acceptors (Lipinski definition) is 6. The summed E-state index contributed by atoms with van der Waals surface area (Å²) >= 11 is 0. The summed E-state index contributed by atoms with van der Waals surface area (Å²) in [6.07, 6.45) is 7.13. The number of hydrogen-bond donors (Lipinski definition) is 1. The molecule has 0 saturated heterocycles. The Morgan fingerprint density at radius 3 is 2.44 bits per heavy atom. The standard InChI is InChI=1S/C28H28N10O/c1-16(2)32-22-8-19(9-24-26(22)37(6)28(39)36(24)5)38-23-7-17(11-29)20(18-12-31-35(4)14-18)10-21(23)33-27(38)25-13-30-15-34(25)3/h7-10,12-16,32H,1-6H3. The maximum Gasteiger partial charge on any atom is 0.328 e. The number of fused-ring (bicyclic) bond motifs is 2. The van der Waals surface area contributed by atoms with E-state index < -0.39 is 0 Å². The molecule has 0 atom stereocenters. The molecule has 0 radical (unpaired) electrons. The SMILES string of the molecule is CC(C)Nc1cc(-n2c(-c3cncn3C)nc3cc(-c4cnn(C)c4)c(C#N)cc32)cc2c1n(C)c(=O)n2C. The van der Waals surface area contributed by atoms with Gasteiger partial charge in [0.05, 0.1) is 63.8 Å². The largest absolute Gasteiger partial charge is 0.381 e. The van der Waals surface area contributed by atoms with Crippen LogP contribution in [0.2, 0.25) is 0 Å². The van der Waals surface area contributed by atoms with E-state index in [2.05, 4.69) is 35.3 Å². The molecule has 1 N–H and O–H groups in total. The quantitative estimate of drug-likeness (QED) is 0.371. The summed E-state index contributed by atoms with van der Waals surface area (Å²) in [5.74, 6) is 0.674. The third kappa shape index (κ3) is 3.72. The first-order valence-electron chi connectivity index (χ1n) is 12.6. The van der Waals surface area contributed by atoms with E-state index in [0.29, 0.717) is 11.4 Å². The first-order chi connectivity index (χ1) is 18.7. The summed E-state index contributed by atoms with van der Waals surface area (Å²) in [5, 5.41) is 17.9. The molecule has 11 heteroatoms. The zero-order valence-electron chi connectivity index (χ0n) is 22.6. The molecule has 0 aliphatic carbocycles. The van der Waals surface area contributed by atoms with Gasteiger partial charge in [0.2, 0.25) is 0 Å². The molecular weight excluding hydrogens is 492 g/mol. The lowest BCUT2D eigenvalue weighted by Crippen LogP contribution is -2.19. The molecule has 2 aromatic carbocycles. The molecule has 0 aliphatic rings. The average Bonchev–Trinajstić information content (AvgIpc) is 3.66. The van der Waals surface area contributed by atoms with Gasteiger partial charge in [-0.25, -0.2) is 14.8 Å². The minimum atomic E-state index is -0.107. The summed E-state index contributed by atoms with van der Waals surface area (Å²) in [6.45, 7) is 4.12. The fourth-order valence-corrected chi connectivity index (χ4v) is 5.21. The van der Waals surface area contributed by atoms with Gasteiger partial charge in [-0.3, -0.25) is 18.4 Å². The van der Waals surface area contributed by atoms with Gasteiger partial charge in [0.1, 0.15) is 5.69 Å². The number of aromatic nitrogens is 8. The molecule has 0 bridgehead atoms. The minimum Gasteiger partial charge on any atom is -0.381 e. The summed E-state index contributed by atoms with van der Waals surface area (Å²) in [6, 6.07) is 10.3. The van der Waals surface area contributed by atoms with Crippen LogP contribution in [0.25, 0.3) is 50.4 Å². The first-order valence-corrected chi connectivity index (χ1v) is 12.6. The molecular formula is C28H28N10O. The van der Waals surface area contributed by atoms with Crippen molar-refractivity contribution in [1.29, 1.82) is 5.26 Å². The van der Waals surface area contributed by atoms with Gasteiger partial charge in [0.15, 0.2) is 5.82 Å². The number of nitrogens with zero attached hydrogens (tertiary/aromatic N) is 9. The molecule has 4 heterocycles. The highest BCUT2D eigenvalue weighted by Gasteiger charge is 2.22. The average molecular weight is 521 g/mol. The molecule has 196 valence electrons. The molecule has 0 spiro atoms. The van der Waals surface area contributed by atoms with Gasteiger partial charge in [-0.05, 0) is 38.1 Å². The zero-order valence-corrected chi connectivity index (χ0v) is 22.6. The molecule has 0 unspecified atom stereocenters. The minimum absolute atomic E-state index is 0.107. The summed E-state index contributed by atoms with van der Waals surface area (Å²) < 4.78 is 8.96. The Balaban J connectivity index is 1.72. The van der Waals surface area contributed by atoms with Crippen molar-refractivity contribution in [2.45, 2.75) is 19.9 Å². The number of imidazole rings is 3. The predicted octanol–water partition coefficient (Wildman–Crippen LogP) is 3.71. The van der Waals surface area contributed by atoms with E-state index in [-0.39, 0.29) is 11.7 Å². The number of rotatable bonds is 5. The van der Waals surface area contributed by atoms with Crippen molar-refractivity contribution in [3.05, 3.63) is 65.2 Å². The molecule has 6 aromatic rings. The lowest BCUT2D eigenvalue weighted by atomic mass is 10.0. The van der Waals surface area contributed by atoms with Crippen LogP contribution in [0, 0.1) is 11.3 Å². The normalized spacial score (nSPS) is 11.6. The second kappa shape index (κ2) is 8.73. The van der Waals surface area contributed by atoms with E-state index in [4.69, 9.17) is 4.98 Å². The molecule has 0 fully saturated rings. The fourth-order valence-electron chi connectivity index (χ4n) is 5.21. The smallest absolute Gasteiger partial charge is 0.328 e. The number of aryl methyl sites for hydroxylation is 4. The highest BCUT2D eigenvalue weighted by Crippen LogP contribution is 2.36. The summed E-state index contributed by atoms with van der Waals surface area (Å²) in [4.78, 5) is 22.3. The Kier molecular flexibility index (Phi) is 5.43. The number of benzene rings is 2. The van der Waals surface area contributed by atoms with Crippen LogP contribution in [0.5, 0.6) is 0 Å². The Morgan fingerprint density at radius 2 is 1.79 bits per heavy atom. The molecule has 39 heavy (non-hydrogen) atoms. The maximum absolute atomic E-state index is 12.9. The van der Waals surface area contributed by atoms with E-state index in [1.165, 1.54) is 0 Å². The van der Waals surface area contributed by atoms with Crippen LogP contribution in [0.4, 0.5) is 5.69 Å². The van der Waals surface area contributed by atoms with Gasteiger partial charge in [-0.2, -0.15) is 10.4 Å². The van der Waals surface area contributed by atoms with Crippen molar-refractivity contribution in [2.24, 2.45) is 28.2 Å².